The largest absolute Gasteiger partial charge is 0.497 e. The maximum absolute atomic E-state index is 12.6. The number of anilines is 2. The standard InChI is InChI=1S/C18H21N3O5/c1-18(2,3)26-17(22)20(14-7-9-15(10-8-14)21(23)24)19-13-5-11-16(25-4)12-6-13/h5-12,19H,1-4H3. The first-order valence-electron chi connectivity index (χ1n) is 7.88. The molecule has 0 heterocycles. The number of carbonyl (C=O) groups is 1. The number of hydrogen-bond acceptors (Lipinski definition) is 6. The number of hydrazine groups is 1. The van der Waals surface area contributed by atoms with Crippen LogP contribution in [0.5, 0.6) is 5.75 Å². The van der Waals surface area contributed by atoms with Crippen molar-refractivity contribution >= 4 is 23.2 Å². The highest BCUT2D eigenvalue weighted by molar-refractivity contribution is 5.90. The van der Waals surface area contributed by atoms with Crippen LogP contribution in [0.25, 0.3) is 0 Å². The number of ether oxygens (including phenoxy) is 2. The molecule has 0 aromatic heterocycles. The zero-order valence-corrected chi connectivity index (χ0v) is 15.1. The van der Waals surface area contributed by atoms with E-state index < -0.39 is 16.6 Å². The van der Waals surface area contributed by atoms with Gasteiger partial charge in [-0.15, -0.1) is 0 Å². The maximum atomic E-state index is 12.6. The van der Waals surface area contributed by atoms with Crippen LogP contribution in [-0.4, -0.2) is 23.7 Å². The van der Waals surface area contributed by atoms with Crippen molar-refractivity contribution in [3.63, 3.8) is 0 Å². The Labute approximate surface area is 151 Å². The normalized spacial score (nSPS) is 10.8. The van der Waals surface area contributed by atoms with Gasteiger partial charge in [0.05, 0.1) is 23.4 Å². The van der Waals surface area contributed by atoms with E-state index in [1.807, 2.05) is 0 Å². The predicted octanol–water partition coefficient (Wildman–Crippen LogP) is 4.37. The van der Waals surface area contributed by atoms with Crippen LogP contribution in [0.1, 0.15) is 20.8 Å². The molecule has 8 heteroatoms. The molecule has 0 saturated carbocycles. The van der Waals surface area contributed by atoms with Crippen molar-refractivity contribution < 1.29 is 19.2 Å². The molecule has 0 atom stereocenters. The molecule has 2 aromatic rings. The zero-order valence-electron chi connectivity index (χ0n) is 15.1. The quantitative estimate of drug-likeness (QED) is 0.629. The molecule has 1 N–H and O–H groups in total. The molecule has 0 radical (unpaired) electrons. The maximum Gasteiger partial charge on any atom is 0.433 e. The zero-order chi connectivity index (χ0) is 19.3. The molecular weight excluding hydrogens is 338 g/mol. The molecule has 26 heavy (non-hydrogen) atoms. The Hall–Kier alpha value is -3.29. The van der Waals surface area contributed by atoms with Gasteiger partial charge >= 0.3 is 6.09 Å². The van der Waals surface area contributed by atoms with Crippen molar-refractivity contribution in [2.45, 2.75) is 26.4 Å². The molecule has 1 amide bonds. The summed E-state index contributed by atoms with van der Waals surface area (Å²) in [6, 6.07) is 12.5. The third-order valence-electron chi connectivity index (χ3n) is 3.23. The second-order valence-electron chi connectivity index (χ2n) is 6.43. The number of nitrogens with one attached hydrogen (secondary N) is 1. The van der Waals surface area contributed by atoms with Crippen LogP contribution in [0.2, 0.25) is 0 Å². The lowest BCUT2D eigenvalue weighted by Crippen LogP contribution is -2.40. The summed E-state index contributed by atoms with van der Waals surface area (Å²) in [7, 11) is 1.56. The average Bonchev–Trinajstić information content (AvgIpc) is 2.58. The van der Waals surface area contributed by atoms with Gasteiger partial charge in [0.15, 0.2) is 0 Å². The monoisotopic (exact) mass is 359 g/mol. The summed E-state index contributed by atoms with van der Waals surface area (Å²) < 4.78 is 10.5. The van der Waals surface area contributed by atoms with Gasteiger partial charge in [0.25, 0.3) is 5.69 Å². The van der Waals surface area contributed by atoms with Crippen LogP contribution in [0.3, 0.4) is 0 Å². The minimum absolute atomic E-state index is 0.0673. The average molecular weight is 359 g/mol. The van der Waals surface area contributed by atoms with Gasteiger partial charge in [0, 0.05) is 12.1 Å². The summed E-state index contributed by atoms with van der Waals surface area (Å²) in [6.45, 7) is 5.27. The summed E-state index contributed by atoms with van der Waals surface area (Å²) in [4.78, 5) is 22.9. The van der Waals surface area contributed by atoms with Crippen molar-refractivity contribution in [3.8, 4) is 5.75 Å². The van der Waals surface area contributed by atoms with Gasteiger partial charge in [-0.2, -0.15) is 5.01 Å². The van der Waals surface area contributed by atoms with E-state index >= 15 is 0 Å². The Balaban J connectivity index is 2.31. The third kappa shape index (κ3) is 5.10. The number of amides is 1. The first-order valence-corrected chi connectivity index (χ1v) is 7.88. The Bertz CT molecular complexity index is 767. The fourth-order valence-corrected chi connectivity index (χ4v) is 2.04. The number of carbonyl (C=O) groups excluding carboxylic acids is 1. The predicted molar refractivity (Wildman–Crippen MR) is 98.4 cm³/mol. The molecular formula is C18H21N3O5. The topological polar surface area (TPSA) is 93.9 Å². The van der Waals surface area contributed by atoms with Gasteiger partial charge in [0.2, 0.25) is 0 Å². The molecule has 0 spiro atoms. The number of benzene rings is 2. The lowest BCUT2D eigenvalue weighted by atomic mass is 10.2. The van der Waals surface area contributed by atoms with E-state index in [2.05, 4.69) is 5.43 Å². The molecule has 0 unspecified atom stereocenters. The SMILES string of the molecule is COc1ccc(NN(C(=O)OC(C)(C)C)c2ccc([N+](=O)[O-])cc2)cc1. The van der Waals surface area contributed by atoms with E-state index in [4.69, 9.17) is 9.47 Å². The molecule has 8 nitrogen and oxygen atoms in total. The summed E-state index contributed by atoms with van der Waals surface area (Å²) >= 11 is 0. The molecule has 0 bridgehead atoms. The van der Waals surface area contributed by atoms with Gasteiger partial charge in [-0.05, 0) is 57.2 Å². The van der Waals surface area contributed by atoms with Crippen LogP contribution < -0.4 is 15.2 Å². The Morgan fingerprint density at radius 2 is 1.65 bits per heavy atom. The number of rotatable bonds is 5. The van der Waals surface area contributed by atoms with Crippen molar-refractivity contribution in [2.24, 2.45) is 0 Å². The van der Waals surface area contributed by atoms with E-state index in [0.717, 1.165) is 0 Å². The van der Waals surface area contributed by atoms with Crippen molar-refractivity contribution in [3.05, 3.63) is 58.6 Å². The third-order valence-corrected chi connectivity index (χ3v) is 3.23. The van der Waals surface area contributed by atoms with Crippen LogP contribution in [0, 0.1) is 10.1 Å². The van der Waals surface area contributed by atoms with E-state index in [9.17, 15) is 14.9 Å². The molecule has 2 aromatic carbocycles. The lowest BCUT2D eigenvalue weighted by Gasteiger charge is -2.28. The molecule has 0 fully saturated rings. The van der Waals surface area contributed by atoms with Crippen molar-refractivity contribution in [2.75, 3.05) is 17.5 Å². The summed E-state index contributed by atoms with van der Waals surface area (Å²) in [5, 5.41) is 12.0. The van der Waals surface area contributed by atoms with Gasteiger partial charge in [0.1, 0.15) is 11.4 Å². The highest BCUT2D eigenvalue weighted by atomic mass is 16.6. The summed E-state index contributed by atoms with van der Waals surface area (Å²) in [5.41, 5.74) is 3.21. The van der Waals surface area contributed by atoms with Crippen molar-refractivity contribution in [1.29, 1.82) is 0 Å². The fraction of sp³-hybridized carbons (Fsp3) is 0.278. The Morgan fingerprint density at radius 1 is 1.08 bits per heavy atom. The van der Waals surface area contributed by atoms with Crippen LogP contribution >= 0.6 is 0 Å². The van der Waals surface area contributed by atoms with E-state index in [1.54, 1.807) is 52.1 Å². The minimum atomic E-state index is -0.697. The van der Waals surface area contributed by atoms with Crippen molar-refractivity contribution in [1.82, 2.24) is 0 Å². The van der Waals surface area contributed by atoms with Crippen LogP contribution in [0.15, 0.2) is 48.5 Å². The van der Waals surface area contributed by atoms with Crippen LogP contribution in [0.4, 0.5) is 21.9 Å². The van der Waals surface area contributed by atoms with Crippen LogP contribution in [-0.2, 0) is 4.74 Å². The van der Waals surface area contributed by atoms with E-state index in [1.165, 1.54) is 29.3 Å². The molecule has 0 aliphatic carbocycles. The second kappa shape index (κ2) is 7.73. The number of hydrogen-bond donors (Lipinski definition) is 1. The smallest absolute Gasteiger partial charge is 0.433 e. The highest BCUT2D eigenvalue weighted by Crippen LogP contribution is 2.24. The number of non-ortho nitro benzene ring substituents is 1. The molecule has 0 saturated heterocycles. The molecule has 0 aliphatic heterocycles. The first kappa shape index (κ1) is 19.0. The number of methoxy groups -OCH3 is 1. The number of nitrogens with zero attached hydrogens (tertiary/aromatic N) is 2. The minimum Gasteiger partial charge on any atom is -0.497 e. The Kier molecular flexibility index (Phi) is 5.66. The van der Waals surface area contributed by atoms with Gasteiger partial charge in [-0.1, -0.05) is 0 Å². The molecule has 138 valence electrons. The molecule has 0 aliphatic rings. The summed E-state index contributed by atoms with van der Waals surface area (Å²) in [6.07, 6.45) is -0.637. The number of nitro groups is 1. The first-order chi connectivity index (χ1) is 12.2. The Morgan fingerprint density at radius 3 is 2.12 bits per heavy atom. The van der Waals surface area contributed by atoms with E-state index in [0.29, 0.717) is 17.1 Å². The van der Waals surface area contributed by atoms with E-state index in [-0.39, 0.29) is 5.69 Å². The number of nitro benzene ring substituents is 1. The van der Waals surface area contributed by atoms with Gasteiger partial charge in [-0.25, -0.2) is 4.79 Å². The fourth-order valence-electron chi connectivity index (χ4n) is 2.04. The molecule has 2 rings (SSSR count). The van der Waals surface area contributed by atoms with Gasteiger partial charge in [-0.3, -0.25) is 15.5 Å². The van der Waals surface area contributed by atoms with Gasteiger partial charge < -0.3 is 9.47 Å². The lowest BCUT2D eigenvalue weighted by molar-refractivity contribution is -0.384. The second-order valence-corrected chi connectivity index (χ2v) is 6.43. The highest BCUT2D eigenvalue weighted by Gasteiger charge is 2.24. The summed E-state index contributed by atoms with van der Waals surface area (Å²) in [5.74, 6) is 0.676.